The Morgan fingerprint density at radius 2 is 1.88 bits per heavy atom. The zero-order chi connectivity index (χ0) is 23.0. The monoisotopic (exact) mass is 446 g/mol. The van der Waals surface area contributed by atoms with E-state index in [1.54, 1.807) is 18.2 Å². The molecule has 0 heterocycles. The van der Waals surface area contributed by atoms with Crippen LogP contribution in [0.1, 0.15) is 54.4 Å². The Morgan fingerprint density at radius 1 is 1.12 bits per heavy atom. The molecule has 1 aliphatic carbocycles. The first kappa shape index (κ1) is 23.9. The molecule has 0 bridgehead atoms. The topological polar surface area (TPSA) is 54.3 Å². The highest BCUT2D eigenvalue weighted by atomic mass is 19.4. The lowest BCUT2D eigenvalue weighted by Gasteiger charge is -2.14. The maximum absolute atomic E-state index is 12.4. The van der Waals surface area contributed by atoms with E-state index >= 15 is 0 Å². The summed E-state index contributed by atoms with van der Waals surface area (Å²) >= 11 is 0. The van der Waals surface area contributed by atoms with Gasteiger partial charge in [0.1, 0.15) is 6.61 Å². The molecule has 1 aliphatic rings. The van der Waals surface area contributed by atoms with Crippen LogP contribution in [0.3, 0.4) is 0 Å². The number of nitrogens with one attached hydrogen (secondary N) is 1. The van der Waals surface area contributed by atoms with E-state index in [0.29, 0.717) is 19.1 Å². The number of nitrogens with zero attached hydrogens (tertiary/aromatic N) is 1. The molecular weight excluding hydrogens is 417 g/mol. The molecule has 0 aliphatic heterocycles. The van der Waals surface area contributed by atoms with E-state index in [9.17, 15) is 18.4 Å². The first-order chi connectivity index (χ1) is 15.4. The molecule has 0 aromatic heterocycles. The SMILES string of the molecule is CCCC1CCc2cc(CCNCCOc3ccccc3OCC(F)(F)F)cc(C#N)c21. The highest BCUT2D eigenvalue weighted by Gasteiger charge is 2.29. The first-order valence-electron chi connectivity index (χ1n) is 11.1. The second-order valence-electron chi connectivity index (χ2n) is 8.05. The summed E-state index contributed by atoms with van der Waals surface area (Å²) in [5.41, 5.74) is 4.53. The lowest BCUT2D eigenvalue weighted by atomic mass is 9.91. The number of halogens is 3. The van der Waals surface area contributed by atoms with Crippen molar-refractivity contribution >= 4 is 0 Å². The summed E-state index contributed by atoms with van der Waals surface area (Å²) in [6.45, 7) is 2.40. The van der Waals surface area contributed by atoms with Crippen molar-refractivity contribution in [3.8, 4) is 17.6 Å². The van der Waals surface area contributed by atoms with E-state index in [1.165, 1.54) is 17.2 Å². The maximum Gasteiger partial charge on any atom is 0.422 e. The van der Waals surface area contributed by atoms with Crippen molar-refractivity contribution in [1.82, 2.24) is 5.32 Å². The molecule has 3 rings (SSSR count). The van der Waals surface area contributed by atoms with Crippen molar-refractivity contribution in [2.75, 3.05) is 26.3 Å². The lowest BCUT2D eigenvalue weighted by molar-refractivity contribution is -0.153. The zero-order valence-electron chi connectivity index (χ0n) is 18.3. The molecule has 0 saturated heterocycles. The zero-order valence-corrected chi connectivity index (χ0v) is 18.3. The van der Waals surface area contributed by atoms with Gasteiger partial charge in [0.25, 0.3) is 0 Å². The Bertz CT molecular complexity index is 938. The van der Waals surface area contributed by atoms with Crippen LogP contribution in [0.15, 0.2) is 36.4 Å². The van der Waals surface area contributed by atoms with Crippen molar-refractivity contribution in [3.63, 3.8) is 0 Å². The molecule has 1 N–H and O–H groups in total. The smallest absolute Gasteiger partial charge is 0.422 e. The van der Waals surface area contributed by atoms with Gasteiger partial charge in [0.2, 0.25) is 0 Å². The largest absolute Gasteiger partial charge is 0.488 e. The highest BCUT2D eigenvalue weighted by Crippen LogP contribution is 2.39. The summed E-state index contributed by atoms with van der Waals surface area (Å²) in [5.74, 6) is 0.878. The molecular formula is C25H29F3N2O2. The van der Waals surface area contributed by atoms with Crippen LogP contribution in [0.5, 0.6) is 11.5 Å². The third kappa shape index (κ3) is 6.64. The van der Waals surface area contributed by atoms with Gasteiger partial charge in [-0.05, 0) is 73.0 Å². The minimum Gasteiger partial charge on any atom is -0.488 e. The number of hydrogen-bond acceptors (Lipinski definition) is 4. The number of ether oxygens (including phenoxy) is 2. The number of para-hydroxylation sites is 2. The van der Waals surface area contributed by atoms with E-state index < -0.39 is 12.8 Å². The Balaban J connectivity index is 1.45. The molecule has 4 nitrogen and oxygen atoms in total. The minimum absolute atomic E-state index is 0.0772. The number of benzene rings is 2. The van der Waals surface area contributed by atoms with E-state index in [2.05, 4.69) is 24.4 Å². The average molecular weight is 447 g/mol. The third-order valence-corrected chi connectivity index (χ3v) is 5.62. The maximum atomic E-state index is 12.4. The molecule has 32 heavy (non-hydrogen) atoms. The molecule has 2 aromatic rings. The Morgan fingerprint density at radius 3 is 2.56 bits per heavy atom. The number of aryl methyl sites for hydroxylation is 1. The molecule has 0 saturated carbocycles. The molecule has 1 unspecified atom stereocenters. The Kier molecular flexibility index (Phi) is 8.40. The van der Waals surface area contributed by atoms with Crippen LogP contribution in [-0.4, -0.2) is 32.5 Å². The summed E-state index contributed by atoms with van der Waals surface area (Å²) in [6, 6.07) is 13.0. The van der Waals surface area contributed by atoms with Gasteiger partial charge in [0.15, 0.2) is 18.1 Å². The van der Waals surface area contributed by atoms with Crippen LogP contribution in [0.4, 0.5) is 13.2 Å². The molecule has 0 amide bonds. The average Bonchev–Trinajstić information content (AvgIpc) is 3.17. The van der Waals surface area contributed by atoms with Gasteiger partial charge in [-0.15, -0.1) is 0 Å². The number of fused-ring (bicyclic) bond motifs is 1. The van der Waals surface area contributed by atoms with Gasteiger partial charge in [-0.1, -0.05) is 31.5 Å². The van der Waals surface area contributed by atoms with Gasteiger partial charge in [-0.25, -0.2) is 0 Å². The second-order valence-corrected chi connectivity index (χ2v) is 8.05. The number of rotatable bonds is 11. The summed E-state index contributed by atoms with van der Waals surface area (Å²) in [4.78, 5) is 0. The normalized spacial score (nSPS) is 15.3. The van der Waals surface area contributed by atoms with Gasteiger partial charge < -0.3 is 14.8 Å². The molecule has 1 atom stereocenters. The Hall–Kier alpha value is -2.72. The standard InChI is InChI=1S/C25H29F3N2O2/c1-2-5-19-8-9-20-14-18(15-21(16-29)24(19)20)10-11-30-12-13-31-22-6-3-4-7-23(22)32-17-25(26,27)28/h3-4,6-7,14-15,19,30H,2,5,8-13,17H2,1H3. The molecule has 0 spiro atoms. The number of nitriles is 1. The third-order valence-electron chi connectivity index (χ3n) is 5.62. The molecule has 2 aromatic carbocycles. The van der Waals surface area contributed by atoms with Crippen LogP contribution in [0.2, 0.25) is 0 Å². The van der Waals surface area contributed by atoms with Gasteiger partial charge in [-0.2, -0.15) is 18.4 Å². The van der Waals surface area contributed by atoms with Crippen molar-refractivity contribution in [2.24, 2.45) is 0 Å². The van der Waals surface area contributed by atoms with Crippen LogP contribution in [0.25, 0.3) is 0 Å². The van der Waals surface area contributed by atoms with E-state index in [0.717, 1.165) is 49.8 Å². The summed E-state index contributed by atoms with van der Waals surface area (Å²) in [6.07, 6.45) is 0.833. The van der Waals surface area contributed by atoms with Crippen LogP contribution in [-0.2, 0) is 12.8 Å². The fourth-order valence-corrected chi connectivity index (χ4v) is 4.26. The highest BCUT2D eigenvalue weighted by molar-refractivity contribution is 5.50. The van der Waals surface area contributed by atoms with Crippen molar-refractivity contribution in [3.05, 3.63) is 58.7 Å². The molecule has 7 heteroatoms. The summed E-state index contributed by atoms with van der Waals surface area (Å²) in [7, 11) is 0. The molecule has 0 radical (unpaired) electrons. The summed E-state index contributed by atoms with van der Waals surface area (Å²) < 4.78 is 47.6. The van der Waals surface area contributed by atoms with Gasteiger partial charge in [0, 0.05) is 6.54 Å². The minimum atomic E-state index is -4.39. The molecule has 0 fully saturated rings. The second kappa shape index (κ2) is 11.2. The summed E-state index contributed by atoms with van der Waals surface area (Å²) in [5, 5.41) is 12.9. The predicted molar refractivity (Wildman–Crippen MR) is 117 cm³/mol. The van der Waals surface area contributed by atoms with Crippen molar-refractivity contribution < 1.29 is 22.6 Å². The van der Waals surface area contributed by atoms with Crippen LogP contribution >= 0.6 is 0 Å². The van der Waals surface area contributed by atoms with Gasteiger partial charge in [-0.3, -0.25) is 0 Å². The van der Waals surface area contributed by atoms with E-state index in [1.807, 2.05) is 6.07 Å². The van der Waals surface area contributed by atoms with Crippen molar-refractivity contribution in [2.45, 2.75) is 51.1 Å². The predicted octanol–water partition coefficient (Wildman–Crippen LogP) is 5.54. The quantitative estimate of drug-likeness (QED) is 0.461. The fourth-order valence-electron chi connectivity index (χ4n) is 4.26. The first-order valence-corrected chi connectivity index (χ1v) is 11.1. The lowest BCUT2D eigenvalue weighted by Crippen LogP contribution is -2.24. The Labute approximate surface area is 187 Å². The van der Waals surface area contributed by atoms with E-state index in [-0.39, 0.29) is 11.5 Å². The molecule has 172 valence electrons. The fraction of sp³-hybridized carbons (Fsp3) is 0.480. The van der Waals surface area contributed by atoms with Crippen LogP contribution in [0, 0.1) is 11.3 Å². The number of hydrogen-bond donors (Lipinski definition) is 1. The van der Waals surface area contributed by atoms with E-state index in [4.69, 9.17) is 9.47 Å². The van der Waals surface area contributed by atoms with Crippen molar-refractivity contribution in [1.29, 1.82) is 5.26 Å². The van der Waals surface area contributed by atoms with Crippen LogP contribution < -0.4 is 14.8 Å². The number of alkyl halides is 3. The van der Waals surface area contributed by atoms with Gasteiger partial charge >= 0.3 is 6.18 Å². The van der Waals surface area contributed by atoms with Gasteiger partial charge in [0.05, 0.1) is 11.6 Å².